The largest absolute Gasteiger partial charge is 0.451 e. The molecule has 1 N–H and O–H groups in total. The van der Waals surface area contributed by atoms with Crippen LogP contribution in [0, 0.1) is 0 Å². The van der Waals surface area contributed by atoms with Crippen LogP contribution in [0.1, 0.15) is 10.6 Å². The van der Waals surface area contributed by atoms with Crippen molar-refractivity contribution in [3.63, 3.8) is 0 Å². The number of furan rings is 1. The molecule has 1 heterocycles. The molecule has 0 saturated heterocycles. The second kappa shape index (κ2) is 5.47. The van der Waals surface area contributed by atoms with Crippen LogP contribution in [-0.4, -0.2) is 26.2 Å². The SMILES string of the molecule is COCCONC(=O)c1cc2ccccc2o1. The highest BCUT2D eigenvalue weighted by Crippen LogP contribution is 2.18. The molecule has 17 heavy (non-hydrogen) atoms. The van der Waals surface area contributed by atoms with Gasteiger partial charge in [0, 0.05) is 12.5 Å². The summed E-state index contributed by atoms with van der Waals surface area (Å²) < 4.78 is 10.1. The fourth-order valence-corrected chi connectivity index (χ4v) is 1.39. The van der Waals surface area contributed by atoms with Gasteiger partial charge in [-0.1, -0.05) is 18.2 Å². The molecule has 2 rings (SSSR count). The van der Waals surface area contributed by atoms with Gasteiger partial charge in [-0.2, -0.15) is 0 Å². The molecule has 5 heteroatoms. The van der Waals surface area contributed by atoms with Gasteiger partial charge in [-0.05, 0) is 12.1 Å². The van der Waals surface area contributed by atoms with Crippen LogP contribution in [0.15, 0.2) is 34.7 Å². The summed E-state index contributed by atoms with van der Waals surface area (Å²) in [5.41, 5.74) is 2.96. The van der Waals surface area contributed by atoms with Gasteiger partial charge in [0.1, 0.15) is 5.58 Å². The third kappa shape index (κ3) is 2.83. The summed E-state index contributed by atoms with van der Waals surface area (Å²) in [6.45, 7) is 0.711. The molecule has 0 spiro atoms. The van der Waals surface area contributed by atoms with E-state index in [0.29, 0.717) is 18.8 Å². The van der Waals surface area contributed by atoms with Crippen LogP contribution >= 0.6 is 0 Å². The van der Waals surface area contributed by atoms with E-state index in [4.69, 9.17) is 14.0 Å². The van der Waals surface area contributed by atoms with Gasteiger partial charge in [0.25, 0.3) is 0 Å². The molecular weight excluding hydrogens is 222 g/mol. The second-order valence-electron chi connectivity index (χ2n) is 3.42. The van der Waals surface area contributed by atoms with Crippen LogP contribution in [0.25, 0.3) is 11.0 Å². The topological polar surface area (TPSA) is 60.7 Å². The lowest BCUT2D eigenvalue weighted by Crippen LogP contribution is -2.24. The first-order valence-corrected chi connectivity index (χ1v) is 5.21. The summed E-state index contributed by atoms with van der Waals surface area (Å²) in [6, 6.07) is 9.08. The fraction of sp³-hybridized carbons (Fsp3) is 0.250. The maximum absolute atomic E-state index is 11.6. The molecule has 5 nitrogen and oxygen atoms in total. The number of hydrogen-bond donors (Lipinski definition) is 1. The van der Waals surface area contributed by atoms with Crippen LogP contribution in [-0.2, 0) is 9.57 Å². The summed E-state index contributed by atoms with van der Waals surface area (Å²) in [6.07, 6.45) is 0. The Kier molecular flexibility index (Phi) is 3.74. The van der Waals surface area contributed by atoms with Crippen molar-refractivity contribution in [3.8, 4) is 0 Å². The average molecular weight is 235 g/mol. The molecular formula is C12H13NO4. The molecule has 1 amide bonds. The zero-order valence-electron chi connectivity index (χ0n) is 9.43. The number of amides is 1. The van der Waals surface area contributed by atoms with E-state index in [1.807, 2.05) is 18.2 Å². The number of methoxy groups -OCH3 is 1. The molecule has 0 unspecified atom stereocenters. The number of para-hydroxylation sites is 1. The second-order valence-corrected chi connectivity index (χ2v) is 3.42. The number of carbonyl (C=O) groups is 1. The molecule has 2 aromatic rings. The van der Waals surface area contributed by atoms with Crippen LogP contribution in [0.3, 0.4) is 0 Å². The Balaban J connectivity index is 1.99. The lowest BCUT2D eigenvalue weighted by molar-refractivity contribution is 0.00743. The molecule has 0 aliphatic carbocycles. The minimum Gasteiger partial charge on any atom is -0.451 e. The van der Waals surface area contributed by atoms with Crippen molar-refractivity contribution in [3.05, 3.63) is 36.1 Å². The molecule has 1 aromatic heterocycles. The summed E-state index contributed by atoms with van der Waals surface area (Å²) in [7, 11) is 1.56. The van der Waals surface area contributed by atoms with E-state index in [2.05, 4.69) is 5.48 Å². The molecule has 0 aliphatic rings. The van der Waals surface area contributed by atoms with Crippen molar-refractivity contribution in [1.29, 1.82) is 0 Å². The highest BCUT2D eigenvalue weighted by Gasteiger charge is 2.11. The number of benzene rings is 1. The van der Waals surface area contributed by atoms with Crippen LogP contribution in [0.4, 0.5) is 0 Å². The highest BCUT2D eigenvalue weighted by atomic mass is 16.7. The van der Waals surface area contributed by atoms with Gasteiger partial charge in [-0.25, -0.2) is 5.48 Å². The molecule has 0 fully saturated rings. The summed E-state index contributed by atoms with van der Waals surface area (Å²) in [5.74, 6) is -0.180. The molecule has 0 aliphatic heterocycles. The molecule has 90 valence electrons. The average Bonchev–Trinajstić information content (AvgIpc) is 2.78. The number of fused-ring (bicyclic) bond motifs is 1. The Morgan fingerprint density at radius 2 is 2.18 bits per heavy atom. The van der Waals surface area contributed by atoms with Crippen molar-refractivity contribution in [2.45, 2.75) is 0 Å². The smallest absolute Gasteiger partial charge is 0.310 e. The van der Waals surface area contributed by atoms with Gasteiger partial charge in [0.05, 0.1) is 13.2 Å². The Bertz CT molecular complexity index is 473. The van der Waals surface area contributed by atoms with Crippen molar-refractivity contribution in [2.75, 3.05) is 20.3 Å². The third-order valence-corrected chi connectivity index (χ3v) is 2.20. The van der Waals surface area contributed by atoms with Crippen molar-refractivity contribution in [2.24, 2.45) is 0 Å². The predicted molar refractivity (Wildman–Crippen MR) is 61.5 cm³/mol. The fourth-order valence-electron chi connectivity index (χ4n) is 1.39. The van der Waals surface area contributed by atoms with E-state index in [1.165, 1.54) is 0 Å². The van der Waals surface area contributed by atoms with Crippen LogP contribution in [0.2, 0.25) is 0 Å². The maximum atomic E-state index is 11.6. The number of ether oxygens (including phenoxy) is 1. The van der Waals surface area contributed by atoms with Gasteiger partial charge in [-0.15, -0.1) is 0 Å². The predicted octanol–water partition coefficient (Wildman–Crippen LogP) is 1.74. The Hall–Kier alpha value is -1.85. The normalized spacial score (nSPS) is 10.6. The van der Waals surface area contributed by atoms with E-state index < -0.39 is 5.91 Å². The van der Waals surface area contributed by atoms with Gasteiger partial charge in [0.15, 0.2) is 5.76 Å². The van der Waals surface area contributed by atoms with Gasteiger partial charge >= 0.3 is 5.91 Å². The van der Waals surface area contributed by atoms with E-state index in [9.17, 15) is 4.79 Å². The van der Waals surface area contributed by atoms with E-state index in [-0.39, 0.29) is 5.76 Å². The number of hydroxylamine groups is 1. The first-order chi connectivity index (χ1) is 8.31. The summed E-state index contributed by atoms with van der Waals surface area (Å²) >= 11 is 0. The van der Waals surface area contributed by atoms with Gasteiger partial charge in [-0.3, -0.25) is 9.63 Å². The lowest BCUT2D eigenvalue weighted by Gasteiger charge is -2.02. The number of rotatable bonds is 5. The first-order valence-electron chi connectivity index (χ1n) is 5.21. The van der Waals surface area contributed by atoms with Crippen LogP contribution in [0.5, 0.6) is 0 Å². The molecule has 0 saturated carbocycles. The molecule has 0 atom stereocenters. The van der Waals surface area contributed by atoms with Crippen molar-refractivity contribution < 1.29 is 18.8 Å². The Labute approximate surface area is 98.3 Å². The lowest BCUT2D eigenvalue weighted by atomic mass is 10.2. The maximum Gasteiger partial charge on any atom is 0.310 e. The zero-order chi connectivity index (χ0) is 12.1. The standard InChI is InChI=1S/C12H13NO4/c1-15-6-7-16-13-12(14)11-8-9-4-2-3-5-10(9)17-11/h2-5,8H,6-7H2,1H3,(H,13,14). The monoisotopic (exact) mass is 235 g/mol. The molecule has 1 aromatic carbocycles. The number of hydrogen-bond acceptors (Lipinski definition) is 4. The minimum absolute atomic E-state index is 0.226. The number of nitrogens with one attached hydrogen (secondary N) is 1. The molecule has 0 bridgehead atoms. The van der Waals surface area contributed by atoms with E-state index >= 15 is 0 Å². The quantitative estimate of drug-likeness (QED) is 0.633. The number of carbonyl (C=O) groups excluding carboxylic acids is 1. The minimum atomic E-state index is -0.405. The molecule has 0 radical (unpaired) electrons. The van der Waals surface area contributed by atoms with E-state index in [1.54, 1.807) is 19.2 Å². The van der Waals surface area contributed by atoms with Crippen molar-refractivity contribution in [1.82, 2.24) is 5.48 Å². The van der Waals surface area contributed by atoms with Crippen molar-refractivity contribution >= 4 is 16.9 Å². The zero-order valence-corrected chi connectivity index (χ0v) is 9.43. The van der Waals surface area contributed by atoms with E-state index in [0.717, 1.165) is 5.39 Å². The third-order valence-electron chi connectivity index (χ3n) is 2.20. The first kappa shape index (κ1) is 11.6. The van der Waals surface area contributed by atoms with Gasteiger partial charge < -0.3 is 9.15 Å². The van der Waals surface area contributed by atoms with Gasteiger partial charge in [0.2, 0.25) is 0 Å². The Morgan fingerprint density at radius 1 is 1.35 bits per heavy atom. The highest BCUT2D eigenvalue weighted by molar-refractivity contribution is 5.95. The Morgan fingerprint density at radius 3 is 2.94 bits per heavy atom. The summed E-state index contributed by atoms with van der Waals surface area (Å²) in [5, 5.41) is 0.884. The summed E-state index contributed by atoms with van der Waals surface area (Å²) in [4.78, 5) is 16.5. The van der Waals surface area contributed by atoms with Crippen LogP contribution < -0.4 is 5.48 Å².